The molecule has 0 unspecified atom stereocenters. The van der Waals surface area contributed by atoms with Crippen LogP contribution in [0.5, 0.6) is 0 Å². The maximum Gasteiger partial charge on any atom is -0.412 e. The Bertz CT molecular complexity index is 2320. The van der Waals surface area contributed by atoms with E-state index in [-0.39, 0.29) is 23.3 Å². The number of alkyl halides is 12. The summed E-state index contributed by atoms with van der Waals surface area (Å²) in [5.74, 6) is 0. The van der Waals surface area contributed by atoms with Crippen molar-refractivity contribution in [1.29, 1.82) is 0 Å². The van der Waals surface area contributed by atoms with Crippen LogP contribution >= 0.6 is 0 Å². The van der Waals surface area contributed by atoms with Crippen molar-refractivity contribution >= 4 is 61.5 Å². The minimum Gasteiger partial charge on any atom is -0.412 e. The van der Waals surface area contributed by atoms with Crippen LogP contribution in [0.25, 0.3) is 0 Å². The minimum atomic E-state index is -5.94. The molecule has 0 saturated carbocycles. The quantitative estimate of drug-likeness (QED) is 0.118. The molecule has 0 aliphatic carbocycles. The van der Waals surface area contributed by atoms with Crippen LogP contribution in [0.2, 0.25) is 0 Å². The number of halogens is 12. The van der Waals surface area contributed by atoms with Crippen LogP contribution in [0.1, 0.15) is 63.8 Å². The Kier molecular flexibility index (Phi) is 17.0. The van der Waals surface area contributed by atoms with Crippen LogP contribution in [0, 0.1) is 0 Å². The molecule has 6 aromatic carbocycles. The van der Waals surface area contributed by atoms with Crippen molar-refractivity contribution in [2.45, 2.75) is 88.3 Å². The molecule has 0 aromatic heterocycles. The predicted molar refractivity (Wildman–Crippen MR) is 241 cm³/mol. The maximum atomic E-state index is 13.8. The van der Waals surface area contributed by atoms with Gasteiger partial charge in [-0.15, -0.1) is 0 Å². The zero-order valence-corrected chi connectivity index (χ0v) is 41.9. The van der Waals surface area contributed by atoms with Gasteiger partial charge in [-0.3, -0.25) is 0 Å². The number of hydrogen-bond acceptors (Lipinski definition) is 2. The van der Waals surface area contributed by atoms with Gasteiger partial charge in [-0.25, -0.2) is 0 Å². The first-order valence-corrected chi connectivity index (χ1v) is 27.8. The van der Waals surface area contributed by atoms with Crippen molar-refractivity contribution < 1.29 is 68.4 Å². The number of hydrogen-bond donors (Lipinski definition) is 2. The standard InChI is InChI=1S/2C10H13.2C9H5F6O.2C6H5.H2O.2Sb/c2*1-10(2,3)9-7-5-4-6-8-9;2*10-8(11,12)7(16,9(13,14)15)6-4-2-1-3-5-6;2*1-2-4-6-5-3-1;;;/h2*5-8H,1-3H3;2*1-4,16H;2*1-5H;1H2;;. The van der Waals surface area contributed by atoms with Crippen LogP contribution in [0.4, 0.5) is 52.7 Å². The molecule has 0 heterocycles. The van der Waals surface area contributed by atoms with Gasteiger partial charge in [0.05, 0.1) is 0 Å². The van der Waals surface area contributed by atoms with Crippen molar-refractivity contribution in [3.8, 4) is 0 Å². The molecular weight excluding hydrogens is 1120 g/mol. The van der Waals surface area contributed by atoms with Crippen LogP contribution in [0.15, 0.2) is 158 Å². The van der Waals surface area contributed by atoms with Crippen LogP contribution < -0.4 is 21.1 Å². The Morgan fingerprint density at radius 2 is 0.537 bits per heavy atom. The van der Waals surface area contributed by atoms with E-state index in [0.717, 1.165) is 35.4 Å². The maximum absolute atomic E-state index is 13.8. The molecule has 0 amide bonds. The van der Waals surface area contributed by atoms with Crippen molar-refractivity contribution in [3.63, 3.8) is 0 Å². The molecule has 0 saturated heterocycles. The van der Waals surface area contributed by atoms with E-state index in [1.54, 1.807) is 84.9 Å². The molecule has 0 spiro atoms. The topological polar surface area (TPSA) is 72.0 Å². The van der Waals surface area contributed by atoms with Gasteiger partial charge in [-0.1, -0.05) is 0 Å². The largest absolute Gasteiger partial charge is 0.412 e. The predicted octanol–water partition coefficient (Wildman–Crippen LogP) is 8.80. The Morgan fingerprint density at radius 1 is 0.313 bits per heavy atom. The second-order valence-corrected chi connectivity index (χ2v) is 29.9. The van der Waals surface area contributed by atoms with Gasteiger partial charge in [-0.2, -0.15) is 0 Å². The van der Waals surface area contributed by atoms with E-state index in [0.29, 0.717) is 14.0 Å². The van der Waals surface area contributed by atoms with E-state index in [4.69, 9.17) is 0 Å². The van der Waals surface area contributed by atoms with E-state index in [9.17, 15) is 62.9 Å². The molecule has 0 bridgehead atoms. The fourth-order valence-electron chi connectivity index (χ4n) is 7.11. The molecule has 0 aliphatic heterocycles. The summed E-state index contributed by atoms with van der Waals surface area (Å²) in [6.07, 6.45) is -23.8. The van der Waals surface area contributed by atoms with Gasteiger partial charge >= 0.3 is 393 Å². The molecule has 6 rings (SSSR count). The molecule has 17 heteroatoms. The van der Waals surface area contributed by atoms with Gasteiger partial charge in [0.2, 0.25) is 0 Å². The number of aliphatic hydroxyl groups is 2. The normalized spacial score (nSPS) is 13.2. The van der Waals surface area contributed by atoms with Crippen molar-refractivity contribution in [2.75, 3.05) is 0 Å². The molecule has 6 aromatic rings. The first kappa shape index (κ1) is 55.6. The number of benzene rings is 6. The van der Waals surface area contributed by atoms with E-state index in [2.05, 4.69) is 0 Å². The third kappa shape index (κ3) is 11.7. The third-order valence-electron chi connectivity index (χ3n) is 10.7. The Morgan fingerprint density at radius 3 is 0.776 bits per heavy atom. The minimum absolute atomic E-state index is 0. The molecule has 0 radical (unpaired) electrons. The summed E-state index contributed by atoms with van der Waals surface area (Å²) >= 11 is -6.84. The molecule has 3 nitrogen and oxygen atoms in total. The van der Waals surface area contributed by atoms with Crippen LogP contribution in [-0.2, 0) is 22.0 Å². The summed E-state index contributed by atoms with van der Waals surface area (Å²) in [4.78, 5) is 0. The average Bonchev–Trinajstić information content (AvgIpc) is 3.23. The number of rotatable bonds is 8. The fourth-order valence-corrected chi connectivity index (χ4v) is 21.3. The zero-order chi connectivity index (χ0) is 49.3. The summed E-state index contributed by atoms with van der Waals surface area (Å²) < 4.78 is 168. The van der Waals surface area contributed by atoms with Crippen molar-refractivity contribution in [1.82, 2.24) is 0 Å². The molecule has 0 fully saturated rings. The van der Waals surface area contributed by atoms with E-state index in [1.807, 2.05) is 65.8 Å². The molecule has 0 atom stereocenters. The summed E-state index contributed by atoms with van der Waals surface area (Å²) in [7, 11) is 0. The van der Waals surface area contributed by atoms with E-state index in [1.165, 1.54) is 24.3 Å². The van der Waals surface area contributed by atoms with Gasteiger partial charge < -0.3 is 5.48 Å². The second-order valence-electron chi connectivity index (χ2n) is 17.4. The molecule has 4 N–H and O–H groups in total. The average molecular weight is 1170 g/mol. The van der Waals surface area contributed by atoms with Crippen molar-refractivity contribution in [3.05, 3.63) is 180 Å². The van der Waals surface area contributed by atoms with Gasteiger partial charge in [0.15, 0.2) is 0 Å². The first-order chi connectivity index (χ1) is 30.4. The summed E-state index contributed by atoms with van der Waals surface area (Å²) in [6.45, 7) is 12.1. The van der Waals surface area contributed by atoms with Crippen LogP contribution in [0.3, 0.4) is 0 Å². The Labute approximate surface area is 395 Å². The monoisotopic (exact) mass is 1170 g/mol. The van der Waals surface area contributed by atoms with E-state index < -0.39 is 87.5 Å². The zero-order valence-electron chi connectivity index (χ0n) is 36.8. The van der Waals surface area contributed by atoms with Crippen LogP contribution in [-0.4, -0.2) is 80.8 Å². The van der Waals surface area contributed by atoms with Gasteiger partial charge in [0, 0.05) is 0 Å². The van der Waals surface area contributed by atoms with Gasteiger partial charge in [-0.05, 0) is 0 Å². The molecule has 360 valence electrons. The Hall–Kier alpha value is -4.00. The second kappa shape index (κ2) is 20.5. The fraction of sp³-hybridized carbons (Fsp3) is 0.280. The Balaban J connectivity index is 0.000000288. The summed E-state index contributed by atoms with van der Waals surface area (Å²) in [6, 6.07) is 40.8. The van der Waals surface area contributed by atoms with E-state index >= 15 is 0 Å². The van der Waals surface area contributed by atoms with Gasteiger partial charge in [0.25, 0.3) is 0 Å². The molecular formula is C50H48F12O3Sb2. The summed E-state index contributed by atoms with van der Waals surface area (Å²) in [5.41, 5.74) is -10.6. The third-order valence-corrected chi connectivity index (χ3v) is 25.0. The molecule has 0 aliphatic rings. The van der Waals surface area contributed by atoms with Crippen molar-refractivity contribution in [2.24, 2.45) is 0 Å². The molecule has 67 heavy (non-hydrogen) atoms. The van der Waals surface area contributed by atoms with Gasteiger partial charge in [0.1, 0.15) is 0 Å². The first-order valence-electron chi connectivity index (χ1n) is 20.2. The SMILES string of the molecule is CC(C)(C)c1cc[c]([Sb]([c]2ccccc2)[c]2ccccc2C(O)(C(F)(F)F)C(F)(F)F)cc1.CC(C)(C)c1cc[c]([Sb]([c]2ccccc2)[c]2ccccc2C(O)(C(F)(F)F)C(F)(F)F)cc1.O. The smallest absolute Gasteiger partial charge is 0.412 e. The summed E-state index contributed by atoms with van der Waals surface area (Å²) in [5, 5.41) is 20.4.